The van der Waals surface area contributed by atoms with E-state index in [4.69, 9.17) is 18.7 Å². The summed E-state index contributed by atoms with van der Waals surface area (Å²) in [6.45, 7) is 2.17. The molecule has 2 fully saturated rings. The van der Waals surface area contributed by atoms with Gasteiger partial charge in [0.1, 0.15) is 32.2 Å². The van der Waals surface area contributed by atoms with E-state index in [0.29, 0.717) is 24.4 Å². The SMILES string of the molecule is CCNC(=O)Nc1ncnc2c1ncn2[C@@H]1O[C@H](COP(=O)([O-])OP(C)(=O)[O-])C2O[C@@H](c3ccccc3)O[C@@H]21. The fourth-order valence-corrected chi connectivity index (χ4v) is 6.24. The van der Waals surface area contributed by atoms with Crippen LogP contribution >= 0.6 is 15.4 Å². The van der Waals surface area contributed by atoms with E-state index in [-0.39, 0.29) is 11.3 Å². The number of rotatable bonds is 9. The first kappa shape index (κ1) is 27.8. The second kappa shape index (κ2) is 11.0. The van der Waals surface area contributed by atoms with Crippen LogP contribution in [0.15, 0.2) is 43.0 Å². The van der Waals surface area contributed by atoms with Crippen LogP contribution in [0.25, 0.3) is 11.2 Å². The highest BCUT2D eigenvalue weighted by molar-refractivity contribution is 7.62. The van der Waals surface area contributed by atoms with Crippen LogP contribution in [0.2, 0.25) is 0 Å². The molecular weight excluding hydrogens is 558 g/mol. The standard InChI is InChI=1S/C21H26N6O10P2/c1-3-22-21(28)26-17-14-18(24-10-23-17)27(11-25-14)19-16-15(35-20(36-16)12-7-5-4-6-8-12)13(34-19)9-33-39(31,32)37-38(2,29)30/h4-8,10-11,13,15-16,19-20H,3,9H2,1-2H3,(H,29,30)(H,31,32)(H2,22,23,24,26,28)/p-2/t13-,15?,16+,19-,20-/m1/s1. The molecule has 18 heteroatoms. The fourth-order valence-electron chi connectivity index (χ4n) is 4.27. The lowest BCUT2D eigenvalue weighted by atomic mass is 10.1. The number of hydrogen-bond acceptors (Lipinski definition) is 13. The summed E-state index contributed by atoms with van der Waals surface area (Å²) in [7, 11) is -9.84. The minimum Gasteiger partial charge on any atom is -0.778 e. The Morgan fingerprint density at radius 2 is 1.85 bits per heavy atom. The molecule has 0 bridgehead atoms. The number of aromatic nitrogens is 4. The normalized spacial score (nSPS) is 27.5. The molecule has 2 N–H and O–H groups in total. The van der Waals surface area contributed by atoms with Crippen LogP contribution < -0.4 is 20.4 Å². The Morgan fingerprint density at radius 3 is 2.56 bits per heavy atom. The summed E-state index contributed by atoms with van der Waals surface area (Å²) in [4.78, 5) is 48.1. The van der Waals surface area contributed by atoms with E-state index in [2.05, 4.69) is 29.9 Å². The summed E-state index contributed by atoms with van der Waals surface area (Å²) >= 11 is 0. The fraction of sp³-hybridized carbons (Fsp3) is 0.429. The zero-order valence-corrected chi connectivity index (χ0v) is 22.4. The molecule has 5 rings (SSSR count). The molecule has 39 heavy (non-hydrogen) atoms. The topological polar surface area (TPSA) is 211 Å². The summed E-state index contributed by atoms with van der Waals surface area (Å²) in [6.07, 6.45) is -1.69. The van der Waals surface area contributed by atoms with Crippen LogP contribution in [0.5, 0.6) is 0 Å². The number of benzene rings is 1. The van der Waals surface area contributed by atoms with Gasteiger partial charge in [-0.1, -0.05) is 30.3 Å². The summed E-state index contributed by atoms with van der Waals surface area (Å²) in [5.74, 6) is 0.163. The lowest BCUT2D eigenvalue weighted by Crippen LogP contribution is -2.32. The molecule has 2 aromatic heterocycles. The van der Waals surface area contributed by atoms with Gasteiger partial charge in [0.15, 0.2) is 29.5 Å². The highest BCUT2D eigenvalue weighted by atomic mass is 31.3. The molecule has 2 aliphatic heterocycles. The van der Waals surface area contributed by atoms with Crippen LogP contribution in [-0.2, 0) is 32.2 Å². The molecule has 0 saturated carbocycles. The van der Waals surface area contributed by atoms with E-state index >= 15 is 0 Å². The first-order valence-corrected chi connectivity index (χ1v) is 15.2. The van der Waals surface area contributed by atoms with Gasteiger partial charge in [-0.3, -0.25) is 18.8 Å². The van der Waals surface area contributed by atoms with Gasteiger partial charge in [-0.2, -0.15) is 0 Å². The van der Waals surface area contributed by atoms with Crippen LogP contribution in [0.3, 0.4) is 0 Å². The number of ether oxygens (including phenoxy) is 3. The highest BCUT2D eigenvalue weighted by Gasteiger charge is 2.54. The van der Waals surface area contributed by atoms with Gasteiger partial charge in [-0.25, -0.2) is 19.7 Å². The second-order valence-electron chi connectivity index (χ2n) is 8.64. The summed E-state index contributed by atoms with van der Waals surface area (Å²) in [5, 5.41) is 5.21. The highest BCUT2D eigenvalue weighted by Crippen LogP contribution is 2.53. The third-order valence-corrected chi connectivity index (χ3v) is 8.22. The first-order chi connectivity index (χ1) is 18.5. The van der Waals surface area contributed by atoms with E-state index in [1.54, 1.807) is 23.6 Å². The Kier molecular flexibility index (Phi) is 7.84. The van der Waals surface area contributed by atoms with Crippen molar-refractivity contribution >= 4 is 38.4 Å². The number of hydrogen-bond donors (Lipinski definition) is 2. The number of phosphoric acid groups is 1. The Morgan fingerprint density at radius 1 is 1.10 bits per heavy atom. The van der Waals surface area contributed by atoms with Crippen LogP contribution in [0.4, 0.5) is 10.6 Å². The Balaban J connectivity index is 1.43. The number of nitrogens with one attached hydrogen (secondary N) is 2. The van der Waals surface area contributed by atoms with E-state index in [1.165, 1.54) is 12.7 Å². The van der Waals surface area contributed by atoms with Crippen molar-refractivity contribution < 1.29 is 46.8 Å². The molecule has 210 valence electrons. The number of urea groups is 1. The number of fused-ring (bicyclic) bond motifs is 2. The molecule has 3 aromatic rings. The summed E-state index contributed by atoms with van der Waals surface area (Å²) in [5.41, 5.74) is 1.28. The van der Waals surface area contributed by atoms with Crippen LogP contribution in [0.1, 0.15) is 25.0 Å². The Bertz CT molecular complexity index is 1440. The molecule has 1 aromatic carbocycles. The van der Waals surface area contributed by atoms with Crippen molar-refractivity contribution in [3.63, 3.8) is 0 Å². The molecular formula is C21H24N6O10P2-2. The molecule has 2 aliphatic rings. The van der Waals surface area contributed by atoms with Crippen molar-refractivity contribution in [2.24, 2.45) is 0 Å². The summed E-state index contributed by atoms with van der Waals surface area (Å²) < 4.78 is 52.1. The first-order valence-electron chi connectivity index (χ1n) is 11.7. The van der Waals surface area contributed by atoms with E-state index in [9.17, 15) is 23.7 Å². The zero-order chi connectivity index (χ0) is 27.8. The quantitative estimate of drug-likeness (QED) is 0.338. The Labute approximate surface area is 221 Å². The number of carbonyl (C=O) groups excluding carboxylic acids is 1. The zero-order valence-electron chi connectivity index (χ0n) is 20.6. The molecule has 0 spiro atoms. The molecule has 3 unspecified atom stereocenters. The lowest BCUT2D eigenvalue weighted by molar-refractivity contribution is -0.234. The largest absolute Gasteiger partial charge is 0.778 e. The third-order valence-electron chi connectivity index (χ3n) is 5.77. The van der Waals surface area contributed by atoms with Crippen LogP contribution in [-0.4, -0.2) is 63.7 Å². The third kappa shape index (κ3) is 6.19. The molecule has 2 amide bonds. The maximum Gasteiger partial charge on any atom is 0.320 e. The van der Waals surface area contributed by atoms with E-state index < -0.39 is 58.9 Å². The van der Waals surface area contributed by atoms with Crippen molar-refractivity contribution in [1.29, 1.82) is 0 Å². The van der Waals surface area contributed by atoms with E-state index in [1.807, 2.05) is 18.2 Å². The number of carbonyl (C=O) groups is 1. The minimum absolute atomic E-state index is 0.163. The number of amides is 2. The number of anilines is 1. The van der Waals surface area contributed by atoms with Gasteiger partial charge in [-0.05, 0) is 6.92 Å². The molecule has 2 saturated heterocycles. The maximum atomic E-state index is 12.0. The van der Waals surface area contributed by atoms with Gasteiger partial charge >= 0.3 is 6.03 Å². The smallest absolute Gasteiger partial charge is 0.320 e. The van der Waals surface area contributed by atoms with Gasteiger partial charge in [0.05, 0.1) is 12.9 Å². The lowest BCUT2D eigenvalue weighted by Gasteiger charge is -2.30. The monoisotopic (exact) mass is 582 g/mol. The van der Waals surface area contributed by atoms with Gasteiger partial charge in [0.2, 0.25) is 0 Å². The molecule has 16 nitrogen and oxygen atoms in total. The van der Waals surface area contributed by atoms with Crippen LogP contribution in [0, 0.1) is 0 Å². The Hall–Kier alpha value is -2.78. The second-order valence-corrected chi connectivity index (χ2v) is 12.0. The van der Waals surface area contributed by atoms with Crippen molar-refractivity contribution in [2.45, 2.75) is 37.8 Å². The van der Waals surface area contributed by atoms with E-state index in [0.717, 1.165) is 0 Å². The summed E-state index contributed by atoms with van der Waals surface area (Å²) in [6, 6.07) is 8.59. The van der Waals surface area contributed by atoms with Crippen molar-refractivity contribution in [2.75, 3.05) is 25.1 Å². The van der Waals surface area contributed by atoms with Crippen molar-refractivity contribution in [3.05, 3.63) is 48.5 Å². The average Bonchev–Trinajstić information content (AvgIpc) is 3.56. The van der Waals surface area contributed by atoms with Gasteiger partial charge in [0, 0.05) is 18.8 Å². The molecule has 0 radical (unpaired) electrons. The predicted octanol–water partition coefficient (Wildman–Crippen LogP) is 1.03. The predicted molar refractivity (Wildman–Crippen MR) is 129 cm³/mol. The number of phosphoric ester groups is 1. The van der Waals surface area contributed by atoms with Gasteiger partial charge in [0.25, 0.3) is 7.82 Å². The molecule has 4 heterocycles. The molecule has 7 atom stereocenters. The van der Waals surface area contributed by atoms with Gasteiger partial charge in [-0.15, -0.1) is 0 Å². The number of nitrogens with zero attached hydrogens (tertiary/aromatic N) is 4. The van der Waals surface area contributed by atoms with Crippen molar-refractivity contribution in [3.8, 4) is 0 Å². The average molecular weight is 582 g/mol. The maximum absolute atomic E-state index is 12.0. The van der Waals surface area contributed by atoms with Crippen molar-refractivity contribution in [1.82, 2.24) is 24.8 Å². The molecule has 0 aliphatic carbocycles. The minimum atomic E-state index is -5.21. The van der Waals surface area contributed by atoms with Gasteiger partial charge < -0.3 is 38.4 Å². The number of imidazole rings is 1.